The third-order valence-electron chi connectivity index (χ3n) is 6.02. The molecular weight excluding hydrogens is 512 g/mol. The van der Waals surface area contributed by atoms with Crippen LogP contribution in [0.1, 0.15) is 44.1 Å². The maximum atomic E-state index is 13.2. The van der Waals surface area contributed by atoms with Crippen molar-refractivity contribution in [3.05, 3.63) is 80.8 Å². The summed E-state index contributed by atoms with van der Waals surface area (Å²) in [7, 11) is 0. The van der Waals surface area contributed by atoms with Gasteiger partial charge in [-0.25, -0.2) is 4.98 Å². The third kappa shape index (κ3) is 7.30. The van der Waals surface area contributed by atoms with E-state index in [4.69, 9.17) is 16.3 Å². The van der Waals surface area contributed by atoms with E-state index in [1.807, 2.05) is 30.3 Å². The summed E-state index contributed by atoms with van der Waals surface area (Å²) >= 11 is 7.42. The number of fused-ring (bicyclic) bond motifs is 1. The normalized spacial score (nSPS) is 17.5. The average molecular weight is 541 g/mol. The van der Waals surface area contributed by atoms with E-state index in [2.05, 4.69) is 15.6 Å². The van der Waals surface area contributed by atoms with Gasteiger partial charge in [-0.05, 0) is 49.9 Å². The number of nitrogens with one attached hydrogen (secondary N) is 2. The van der Waals surface area contributed by atoms with Crippen LogP contribution >= 0.6 is 22.9 Å². The Bertz CT molecular complexity index is 1250. The smallest absolute Gasteiger partial charge is 0.266 e. The van der Waals surface area contributed by atoms with E-state index < -0.39 is 6.04 Å². The molecule has 194 valence electrons. The third-order valence-corrected chi connectivity index (χ3v) is 7.17. The van der Waals surface area contributed by atoms with E-state index in [1.165, 1.54) is 11.3 Å². The maximum Gasteiger partial charge on any atom is 0.266 e. The van der Waals surface area contributed by atoms with Crippen LogP contribution in [-0.4, -0.2) is 59.9 Å². The summed E-state index contributed by atoms with van der Waals surface area (Å²) in [6, 6.07) is 14.3. The van der Waals surface area contributed by atoms with Gasteiger partial charge in [0.2, 0.25) is 5.91 Å². The number of aromatic nitrogens is 1. The van der Waals surface area contributed by atoms with Gasteiger partial charge in [0.1, 0.15) is 17.2 Å². The van der Waals surface area contributed by atoms with Gasteiger partial charge in [-0.3, -0.25) is 14.4 Å². The Kier molecular flexibility index (Phi) is 9.14. The van der Waals surface area contributed by atoms with Crippen LogP contribution in [0.3, 0.4) is 0 Å². The first-order valence-corrected chi connectivity index (χ1v) is 13.4. The predicted octanol–water partition coefficient (Wildman–Crippen LogP) is 3.88. The van der Waals surface area contributed by atoms with Gasteiger partial charge in [0.15, 0.2) is 0 Å². The number of thiazole rings is 1. The molecular formula is C27H29ClN4O4S. The van der Waals surface area contributed by atoms with Crippen molar-refractivity contribution in [1.82, 2.24) is 20.5 Å². The van der Waals surface area contributed by atoms with E-state index in [-0.39, 0.29) is 30.9 Å². The molecule has 2 N–H and O–H groups in total. The maximum absolute atomic E-state index is 13.2. The van der Waals surface area contributed by atoms with Crippen LogP contribution in [0.4, 0.5) is 0 Å². The fourth-order valence-corrected chi connectivity index (χ4v) is 5.06. The van der Waals surface area contributed by atoms with Crippen molar-refractivity contribution in [3.8, 4) is 5.75 Å². The molecule has 2 heterocycles. The SMILES string of the molecule is Cc1ncsc1C(=O)N1CCCCNC(=O)c2cc(Cl)ccc2OC[C@@H](Cc2ccccc2)NC(=O)C1. The number of aryl methyl sites for hydroxylation is 1. The lowest BCUT2D eigenvalue weighted by Crippen LogP contribution is -2.47. The van der Waals surface area contributed by atoms with Crippen molar-refractivity contribution in [1.29, 1.82) is 0 Å². The van der Waals surface area contributed by atoms with Gasteiger partial charge in [0.25, 0.3) is 11.8 Å². The van der Waals surface area contributed by atoms with Crippen LogP contribution in [0, 0.1) is 6.92 Å². The van der Waals surface area contributed by atoms with Crippen LogP contribution in [-0.2, 0) is 11.2 Å². The molecule has 0 aliphatic carbocycles. The monoisotopic (exact) mass is 540 g/mol. The first-order chi connectivity index (χ1) is 17.9. The summed E-state index contributed by atoms with van der Waals surface area (Å²) in [5.41, 5.74) is 3.63. The van der Waals surface area contributed by atoms with Crippen LogP contribution in [0.25, 0.3) is 0 Å². The van der Waals surface area contributed by atoms with E-state index in [1.54, 1.807) is 35.5 Å². The molecule has 8 nitrogen and oxygen atoms in total. The Balaban J connectivity index is 1.58. The Morgan fingerprint density at radius 3 is 2.76 bits per heavy atom. The lowest BCUT2D eigenvalue weighted by atomic mass is 10.1. The number of hydrogen-bond acceptors (Lipinski definition) is 6. The number of hydrogen-bond donors (Lipinski definition) is 2. The highest BCUT2D eigenvalue weighted by molar-refractivity contribution is 7.11. The summed E-state index contributed by atoms with van der Waals surface area (Å²) in [6.45, 7) is 2.62. The minimum absolute atomic E-state index is 0.0833. The molecule has 1 atom stereocenters. The highest BCUT2D eigenvalue weighted by Gasteiger charge is 2.24. The van der Waals surface area contributed by atoms with Crippen molar-refractivity contribution >= 4 is 40.7 Å². The highest BCUT2D eigenvalue weighted by Crippen LogP contribution is 2.24. The molecule has 0 fully saturated rings. The second-order valence-electron chi connectivity index (χ2n) is 8.86. The molecule has 1 aromatic heterocycles. The highest BCUT2D eigenvalue weighted by atomic mass is 35.5. The van der Waals surface area contributed by atoms with Gasteiger partial charge in [-0.2, -0.15) is 0 Å². The fourth-order valence-electron chi connectivity index (χ4n) is 4.12. The lowest BCUT2D eigenvalue weighted by molar-refractivity contribution is -0.122. The molecule has 37 heavy (non-hydrogen) atoms. The number of benzene rings is 2. The second-order valence-corrected chi connectivity index (χ2v) is 10.2. The molecule has 0 saturated heterocycles. The molecule has 0 radical (unpaired) electrons. The zero-order chi connectivity index (χ0) is 26.2. The number of rotatable bonds is 3. The molecule has 4 rings (SSSR count). The second kappa shape index (κ2) is 12.7. The first-order valence-electron chi connectivity index (χ1n) is 12.1. The minimum atomic E-state index is -0.395. The van der Waals surface area contributed by atoms with Gasteiger partial charge in [-0.15, -0.1) is 11.3 Å². The predicted molar refractivity (Wildman–Crippen MR) is 143 cm³/mol. The standard InChI is InChI=1S/C27H29ClN4O4S/c1-18-25(37-17-30-18)27(35)32-12-6-5-11-29-26(34)22-14-20(28)9-10-23(22)36-16-21(31-24(33)15-32)13-19-7-3-2-4-8-19/h2-4,7-10,14,17,21H,5-6,11-13,15-16H2,1H3,(H,29,34)(H,31,33)/t21-/m1/s1. The number of carbonyl (C=O) groups is 3. The van der Waals surface area contributed by atoms with Crippen molar-refractivity contribution in [2.45, 2.75) is 32.2 Å². The van der Waals surface area contributed by atoms with E-state index in [0.29, 0.717) is 59.3 Å². The molecule has 2 aromatic carbocycles. The van der Waals surface area contributed by atoms with Gasteiger partial charge in [-0.1, -0.05) is 41.9 Å². The summed E-state index contributed by atoms with van der Waals surface area (Å²) in [6.07, 6.45) is 1.76. The van der Waals surface area contributed by atoms with Gasteiger partial charge in [0, 0.05) is 18.1 Å². The Hall–Kier alpha value is -3.43. The molecule has 3 amide bonds. The van der Waals surface area contributed by atoms with Crippen LogP contribution in [0.2, 0.25) is 5.02 Å². The molecule has 0 bridgehead atoms. The van der Waals surface area contributed by atoms with Crippen LogP contribution in [0.15, 0.2) is 54.0 Å². The largest absolute Gasteiger partial charge is 0.491 e. The Morgan fingerprint density at radius 1 is 1.19 bits per heavy atom. The zero-order valence-electron chi connectivity index (χ0n) is 20.5. The first kappa shape index (κ1) is 26.6. The molecule has 1 aliphatic heterocycles. The summed E-state index contributed by atoms with van der Waals surface area (Å²) < 4.78 is 6.05. The quantitative estimate of drug-likeness (QED) is 0.525. The Labute approximate surface area is 225 Å². The van der Waals surface area contributed by atoms with Crippen LogP contribution in [0.5, 0.6) is 5.75 Å². The van der Waals surface area contributed by atoms with E-state index in [0.717, 1.165) is 5.56 Å². The topological polar surface area (TPSA) is 101 Å². The number of nitrogens with zero attached hydrogens (tertiary/aromatic N) is 2. The lowest BCUT2D eigenvalue weighted by Gasteiger charge is -2.24. The number of carbonyl (C=O) groups excluding carboxylic acids is 3. The van der Waals surface area contributed by atoms with E-state index >= 15 is 0 Å². The van der Waals surface area contributed by atoms with Crippen molar-refractivity contribution < 1.29 is 19.1 Å². The van der Waals surface area contributed by atoms with Gasteiger partial charge >= 0.3 is 0 Å². The van der Waals surface area contributed by atoms with Crippen molar-refractivity contribution in [3.63, 3.8) is 0 Å². The molecule has 1 aliphatic rings. The Morgan fingerprint density at radius 2 is 2.00 bits per heavy atom. The molecule has 0 unspecified atom stereocenters. The fraction of sp³-hybridized carbons (Fsp3) is 0.333. The van der Waals surface area contributed by atoms with Gasteiger partial charge in [0.05, 0.1) is 29.4 Å². The van der Waals surface area contributed by atoms with Crippen molar-refractivity contribution in [2.75, 3.05) is 26.2 Å². The molecule has 10 heteroatoms. The number of halogens is 1. The van der Waals surface area contributed by atoms with Crippen molar-refractivity contribution in [2.24, 2.45) is 0 Å². The summed E-state index contributed by atoms with van der Waals surface area (Å²) in [4.78, 5) is 45.6. The summed E-state index contributed by atoms with van der Waals surface area (Å²) in [5.74, 6) is -0.396. The van der Waals surface area contributed by atoms with Gasteiger partial charge < -0.3 is 20.3 Å². The number of amides is 3. The molecule has 0 spiro atoms. The van der Waals surface area contributed by atoms with Crippen LogP contribution < -0.4 is 15.4 Å². The zero-order valence-corrected chi connectivity index (χ0v) is 22.1. The minimum Gasteiger partial charge on any atom is -0.491 e. The van der Waals surface area contributed by atoms with E-state index in [9.17, 15) is 14.4 Å². The molecule has 0 saturated carbocycles. The molecule has 3 aromatic rings. The average Bonchev–Trinajstić information content (AvgIpc) is 3.32. The summed E-state index contributed by atoms with van der Waals surface area (Å²) in [5, 5.41) is 6.37. The number of ether oxygens (including phenoxy) is 1.